The van der Waals surface area contributed by atoms with E-state index in [1.165, 1.54) is 12.1 Å². The van der Waals surface area contributed by atoms with Gasteiger partial charge in [-0.1, -0.05) is 29.3 Å². The van der Waals surface area contributed by atoms with E-state index in [4.69, 9.17) is 27.6 Å². The molecule has 4 rings (SSSR count). The number of benzene rings is 3. The molecule has 140 valence electrons. The van der Waals surface area contributed by atoms with Gasteiger partial charge < -0.3 is 14.8 Å². The van der Waals surface area contributed by atoms with Crippen LogP contribution in [-0.4, -0.2) is 16.0 Å². The van der Waals surface area contributed by atoms with Gasteiger partial charge in [-0.05, 0) is 61.0 Å². The molecule has 7 heteroatoms. The number of rotatable bonds is 3. The standard InChI is InChI=1S/C21H14Cl2N2O3/c1-11-2-7-19-17(8-11)25-21(28-19)15-10-13(4-6-18(15)26)24-20(27)14-9-12(22)3-5-16(14)23/h2-10,26H,1H3,(H,24,27). The molecule has 0 aliphatic carbocycles. The Labute approximate surface area is 170 Å². The zero-order valence-electron chi connectivity index (χ0n) is 14.7. The Morgan fingerprint density at radius 1 is 1.07 bits per heavy atom. The van der Waals surface area contributed by atoms with E-state index in [1.54, 1.807) is 24.3 Å². The highest BCUT2D eigenvalue weighted by Crippen LogP contribution is 2.34. The van der Waals surface area contributed by atoms with Crippen LogP contribution in [-0.2, 0) is 0 Å². The maximum atomic E-state index is 12.5. The third-order valence-corrected chi connectivity index (χ3v) is 4.77. The number of nitrogens with one attached hydrogen (secondary N) is 1. The van der Waals surface area contributed by atoms with Crippen LogP contribution in [0.3, 0.4) is 0 Å². The fraction of sp³-hybridized carbons (Fsp3) is 0.0476. The number of aromatic hydroxyl groups is 1. The number of aromatic nitrogens is 1. The molecule has 0 saturated heterocycles. The van der Waals surface area contributed by atoms with E-state index in [2.05, 4.69) is 10.3 Å². The molecule has 2 N–H and O–H groups in total. The van der Waals surface area contributed by atoms with E-state index in [0.29, 0.717) is 27.4 Å². The predicted octanol–water partition coefficient (Wildman–Crippen LogP) is 6.07. The molecule has 3 aromatic carbocycles. The van der Waals surface area contributed by atoms with Crippen LogP contribution in [0.2, 0.25) is 10.0 Å². The van der Waals surface area contributed by atoms with Crippen molar-refractivity contribution in [2.75, 3.05) is 5.32 Å². The maximum Gasteiger partial charge on any atom is 0.257 e. The number of phenols is 1. The lowest BCUT2D eigenvalue weighted by atomic mass is 10.1. The number of halogens is 2. The van der Waals surface area contributed by atoms with Gasteiger partial charge in [0.1, 0.15) is 11.3 Å². The number of carbonyl (C=O) groups is 1. The van der Waals surface area contributed by atoms with E-state index in [-0.39, 0.29) is 22.2 Å². The largest absolute Gasteiger partial charge is 0.507 e. The topological polar surface area (TPSA) is 75.4 Å². The number of phenolic OH excluding ortho intramolecular Hbond substituents is 1. The monoisotopic (exact) mass is 412 g/mol. The Morgan fingerprint density at radius 2 is 1.89 bits per heavy atom. The van der Waals surface area contributed by atoms with Crippen LogP contribution in [0.15, 0.2) is 59.0 Å². The van der Waals surface area contributed by atoms with Crippen molar-refractivity contribution in [1.29, 1.82) is 0 Å². The van der Waals surface area contributed by atoms with Crippen molar-refractivity contribution in [3.63, 3.8) is 0 Å². The summed E-state index contributed by atoms with van der Waals surface area (Å²) < 4.78 is 5.75. The number of fused-ring (bicyclic) bond motifs is 1. The number of nitrogens with zero attached hydrogens (tertiary/aromatic N) is 1. The van der Waals surface area contributed by atoms with Crippen LogP contribution in [0.25, 0.3) is 22.6 Å². The van der Waals surface area contributed by atoms with Crippen molar-refractivity contribution >= 4 is 45.9 Å². The average molecular weight is 413 g/mol. The van der Waals surface area contributed by atoms with Gasteiger partial charge in [-0.2, -0.15) is 0 Å². The molecule has 0 bridgehead atoms. The Morgan fingerprint density at radius 3 is 2.71 bits per heavy atom. The van der Waals surface area contributed by atoms with Crippen molar-refractivity contribution in [2.24, 2.45) is 0 Å². The van der Waals surface area contributed by atoms with E-state index in [1.807, 2.05) is 25.1 Å². The summed E-state index contributed by atoms with van der Waals surface area (Å²) in [5.41, 5.74) is 3.42. The Kier molecular flexibility index (Phi) is 4.71. The second-order valence-corrected chi connectivity index (χ2v) is 7.14. The van der Waals surface area contributed by atoms with Crippen LogP contribution in [0.1, 0.15) is 15.9 Å². The van der Waals surface area contributed by atoms with Gasteiger partial charge in [0.2, 0.25) is 5.89 Å². The SMILES string of the molecule is Cc1ccc2oc(-c3cc(NC(=O)c4cc(Cl)ccc4Cl)ccc3O)nc2c1. The first-order valence-corrected chi connectivity index (χ1v) is 9.13. The lowest BCUT2D eigenvalue weighted by Gasteiger charge is -2.09. The number of amides is 1. The second kappa shape index (κ2) is 7.19. The van der Waals surface area contributed by atoms with Gasteiger partial charge in [0, 0.05) is 10.7 Å². The fourth-order valence-electron chi connectivity index (χ4n) is 2.81. The number of oxazole rings is 1. The van der Waals surface area contributed by atoms with Crippen molar-refractivity contribution in [1.82, 2.24) is 4.98 Å². The molecule has 0 spiro atoms. The Bertz CT molecular complexity index is 1220. The smallest absolute Gasteiger partial charge is 0.257 e. The Hall–Kier alpha value is -3.02. The molecule has 1 amide bonds. The molecule has 0 unspecified atom stereocenters. The highest BCUT2D eigenvalue weighted by atomic mass is 35.5. The third kappa shape index (κ3) is 3.54. The number of hydrogen-bond acceptors (Lipinski definition) is 4. The summed E-state index contributed by atoms with van der Waals surface area (Å²) in [6, 6.07) is 14.9. The average Bonchev–Trinajstić information content (AvgIpc) is 3.08. The van der Waals surface area contributed by atoms with Gasteiger partial charge in [-0.15, -0.1) is 0 Å². The van der Waals surface area contributed by atoms with Gasteiger partial charge in [0.25, 0.3) is 5.91 Å². The van der Waals surface area contributed by atoms with Gasteiger partial charge in [0.15, 0.2) is 5.58 Å². The quantitative estimate of drug-likeness (QED) is 0.400. The molecule has 0 saturated carbocycles. The number of anilines is 1. The molecule has 0 radical (unpaired) electrons. The second-order valence-electron chi connectivity index (χ2n) is 6.30. The maximum absolute atomic E-state index is 12.5. The Balaban J connectivity index is 1.68. The van der Waals surface area contributed by atoms with Crippen molar-refractivity contribution in [2.45, 2.75) is 6.92 Å². The lowest BCUT2D eigenvalue weighted by molar-refractivity contribution is 0.102. The molecular weight excluding hydrogens is 399 g/mol. The zero-order valence-corrected chi connectivity index (χ0v) is 16.2. The first kappa shape index (κ1) is 18.3. The van der Waals surface area contributed by atoms with E-state index in [0.717, 1.165) is 5.56 Å². The van der Waals surface area contributed by atoms with Crippen LogP contribution in [0.4, 0.5) is 5.69 Å². The minimum absolute atomic E-state index is 0.0120. The molecule has 4 aromatic rings. The minimum Gasteiger partial charge on any atom is -0.507 e. The number of aryl methyl sites for hydroxylation is 1. The summed E-state index contributed by atoms with van der Waals surface area (Å²) in [6.07, 6.45) is 0. The number of hydrogen-bond donors (Lipinski definition) is 2. The predicted molar refractivity (Wildman–Crippen MR) is 110 cm³/mol. The summed E-state index contributed by atoms with van der Waals surface area (Å²) in [5.74, 6) is -0.172. The zero-order chi connectivity index (χ0) is 19.8. The van der Waals surface area contributed by atoms with E-state index in [9.17, 15) is 9.90 Å². The molecule has 28 heavy (non-hydrogen) atoms. The molecule has 1 heterocycles. The first-order valence-electron chi connectivity index (χ1n) is 8.38. The van der Waals surface area contributed by atoms with Gasteiger partial charge >= 0.3 is 0 Å². The summed E-state index contributed by atoms with van der Waals surface area (Å²) in [4.78, 5) is 17.0. The molecule has 1 aromatic heterocycles. The fourth-order valence-corrected chi connectivity index (χ4v) is 3.18. The van der Waals surface area contributed by atoms with Crippen LogP contribution >= 0.6 is 23.2 Å². The van der Waals surface area contributed by atoms with Crippen molar-refractivity contribution in [3.8, 4) is 17.2 Å². The lowest BCUT2D eigenvalue weighted by Crippen LogP contribution is -2.12. The first-order chi connectivity index (χ1) is 13.4. The van der Waals surface area contributed by atoms with Crippen LogP contribution in [0.5, 0.6) is 5.75 Å². The normalized spacial score (nSPS) is 11.0. The molecule has 0 aliphatic heterocycles. The van der Waals surface area contributed by atoms with Crippen molar-refractivity contribution in [3.05, 3.63) is 75.8 Å². The van der Waals surface area contributed by atoms with E-state index >= 15 is 0 Å². The van der Waals surface area contributed by atoms with Crippen LogP contribution in [0, 0.1) is 6.92 Å². The summed E-state index contributed by atoms with van der Waals surface area (Å²) >= 11 is 12.0. The van der Waals surface area contributed by atoms with Gasteiger partial charge in [-0.25, -0.2) is 4.98 Å². The summed E-state index contributed by atoms with van der Waals surface area (Å²) in [5, 5.41) is 13.7. The highest BCUT2D eigenvalue weighted by Gasteiger charge is 2.16. The van der Waals surface area contributed by atoms with E-state index < -0.39 is 5.91 Å². The number of carbonyl (C=O) groups excluding carboxylic acids is 1. The molecule has 0 aliphatic rings. The summed E-state index contributed by atoms with van der Waals surface area (Å²) in [6.45, 7) is 1.96. The molecule has 0 fully saturated rings. The van der Waals surface area contributed by atoms with Gasteiger partial charge in [0.05, 0.1) is 16.1 Å². The minimum atomic E-state index is -0.419. The van der Waals surface area contributed by atoms with Crippen LogP contribution < -0.4 is 5.32 Å². The molecule has 5 nitrogen and oxygen atoms in total. The van der Waals surface area contributed by atoms with Gasteiger partial charge in [-0.3, -0.25) is 4.79 Å². The van der Waals surface area contributed by atoms with Crippen molar-refractivity contribution < 1.29 is 14.3 Å². The molecule has 0 atom stereocenters. The molecular formula is C21H14Cl2N2O3. The third-order valence-electron chi connectivity index (χ3n) is 4.20. The highest BCUT2D eigenvalue weighted by molar-refractivity contribution is 6.36. The summed E-state index contributed by atoms with van der Waals surface area (Å²) in [7, 11) is 0.